The van der Waals surface area contributed by atoms with E-state index in [2.05, 4.69) is 10.1 Å². The summed E-state index contributed by atoms with van der Waals surface area (Å²) in [4.78, 5) is 40.2. The molecule has 2 heterocycles. The Kier molecular flexibility index (Phi) is 6.60. The minimum absolute atomic E-state index is 0.0879. The number of Topliss-reactive ketones (excluding diaryl/α,β-unsaturated/α-hetero) is 1. The highest BCUT2D eigenvalue weighted by molar-refractivity contribution is 6.33. The number of ketones is 1. The predicted molar refractivity (Wildman–Crippen MR) is 114 cm³/mol. The molecule has 31 heavy (non-hydrogen) atoms. The molecule has 2 aromatic heterocycles. The lowest BCUT2D eigenvalue weighted by Gasteiger charge is -2.05. The van der Waals surface area contributed by atoms with Crippen molar-refractivity contribution in [1.29, 1.82) is 0 Å². The zero-order valence-corrected chi connectivity index (χ0v) is 18.4. The van der Waals surface area contributed by atoms with Gasteiger partial charge in [-0.15, -0.1) is 0 Å². The average Bonchev–Trinajstić information content (AvgIpc) is 3.21. The summed E-state index contributed by atoms with van der Waals surface area (Å²) < 4.78 is 11.7. The molecule has 0 aliphatic carbocycles. The van der Waals surface area contributed by atoms with E-state index in [1.165, 1.54) is 4.68 Å². The first kappa shape index (κ1) is 22.3. The number of H-pyrrole nitrogens is 1. The summed E-state index contributed by atoms with van der Waals surface area (Å²) >= 11 is 6.36. The number of aryl methyl sites for hydroxylation is 2. The Hall–Kier alpha value is -3.39. The first-order valence-corrected chi connectivity index (χ1v) is 10.0. The summed E-state index contributed by atoms with van der Waals surface area (Å²) in [7, 11) is 0. The largest absolute Gasteiger partial charge is 0.462 e. The van der Waals surface area contributed by atoms with Crippen LogP contribution in [0.4, 0.5) is 0 Å². The molecule has 0 spiro atoms. The number of nitrogens with one attached hydrogen (secondary N) is 1. The molecule has 0 unspecified atom stereocenters. The van der Waals surface area contributed by atoms with E-state index in [0.717, 1.165) is 0 Å². The van der Waals surface area contributed by atoms with Crippen LogP contribution in [0.3, 0.4) is 0 Å². The number of aromatic nitrogens is 3. The number of para-hydroxylation sites is 1. The van der Waals surface area contributed by atoms with Crippen LogP contribution in [0.2, 0.25) is 5.15 Å². The third kappa shape index (κ3) is 4.39. The van der Waals surface area contributed by atoms with Crippen molar-refractivity contribution in [2.24, 2.45) is 0 Å². The Labute approximate surface area is 184 Å². The molecule has 1 aromatic carbocycles. The van der Waals surface area contributed by atoms with Crippen LogP contribution in [0.15, 0.2) is 30.3 Å². The van der Waals surface area contributed by atoms with Gasteiger partial charge >= 0.3 is 11.9 Å². The third-order valence-electron chi connectivity index (χ3n) is 4.74. The number of nitrogens with zero attached hydrogens (tertiary/aromatic N) is 2. The smallest absolute Gasteiger partial charge is 0.343 e. The maximum absolute atomic E-state index is 12.6. The molecule has 3 rings (SSSR count). The molecule has 162 valence electrons. The van der Waals surface area contributed by atoms with Crippen molar-refractivity contribution in [1.82, 2.24) is 14.8 Å². The Morgan fingerprint density at radius 2 is 1.68 bits per heavy atom. The minimum atomic E-state index is -0.760. The number of halogens is 1. The number of carbonyl (C=O) groups excluding carboxylic acids is 3. The van der Waals surface area contributed by atoms with Gasteiger partial charge in [0.05, 0.1) is 29.2 Å². The molecule has 0 saturated heterocycles. The molecule has 0 aliphatic heterocycles. The standard InChI is InChI=1S/C22H22ClN3O5/c1-5-30-21(28)17-12(2)19(24-13(17)3)16(27)11-31-22(29)18-14(4)25-26(20(18)23)15-9-7-6-8-10-15/h6-10,24H,5,11H2,1-4H3. The maximum Gasteiger partial charge on any atom is 0.343 e. The molecule has 0 amide bonds. The quantitative estimate of drug-likeness (QED) is 0.437. The van der Waals surface area contributed by atoms with E-state index in [1.807, 2.05) is 18.2 Å². The number of benzene rings is 1. The van der Waals surface area contributed by atoms with E-state index in [0.29, 0.717) is 28.2 Å². The first-order valence-electron chi connectivity index (χ1n) is 9.63. The summed E-state index contributed by atoms with van der Waals surface area (Å²) in [6, 6.07) is 9.10. The van der Waals surface area contributed by atoms with E-state index >= 15 is 0 Å². The highest BCUT2D eigenvalue weighted by atomic mass is 35.5. The molecule has 9 heteroatoms. The molecular weight excluding hydrogens is 422 g/mol. The van der Waals surface area contributed by atoms with Crippen LogP contribution in [0.5, 0.6) is 0 Å². The van der Waals surface area contributed by atoms with Gasteiger partial charge in [-0.25, -0.2) is 14.3 Å². The van der Waals surface area contributed by atoms with E-state index in [-0.39, 0.29) is 23.0 Å². The first-order chi connectivity index (χ1) is 14.8. The van der Waals surface area contributed by atoms with Gasteiger partial charge in [-0.2, -0.15) is 5.10 Å². The van der Waals surface area contributed by atoms with Gasteiger partial charge in [-0.05, 0) is 45.4 Å². The van der Waals surface area contributed by atoms with Crippen molar-refractivity contribution in [3.05, 3.63) is 69.3 Å². The topological polar surface area (TPSA) is 103 Å². The Bertz CT molecular complexity index is 1150. The van der Waals surface area contributed by atoms with Gasteiger partial charge in [0.25, 0.3) is 0 Å². The van der Waals surface area contributed by atoms with Crippen LogP contribution in [0.1, 0.15) is 55.1 Å². The van der Waals surface area contributed by atoms with Crippen LogP contribution >= 0.6 is 11.6 Å². The third-order valence-corrected chi connectivity index (χ3v) is 5.09. The van der Waals surface area contributed by atoms with Gasteiger partial charge in [0, 0.05) is 5.69 Å². The van der Waals surface area contributed by atoms with Crippen molar-refractivity contribution >= 4 is 29.3 Å². The molecule has 3 aromatic rings. The normalized spacial score (nSPS) is 10.7. The summed E-state index contributed by atoms with van der Waals surface area (Å²) in [5.41, 5.74) is 2.61. The number of hydrogen-bond donors (Lipinski definition) is 1. The molecule has 0 bridgehead atoms. The highest BCUT2D eigenvalue weighted by Gasteiger charge is 2.26. The van der Waals surface area contributed by atoms with E-state index in [9.17, 15) is 14.4 Å². The van der Waals surface area contributed by atoms with E-state index in [1.54, 1.807) is 39.8 Å². The summed E-state index contributed by atoms with van der Waals surface area (Å²) in [5.74, 6) is -1.75. The van der Waals surface area contributed by atoms with Crippen LogP contribution in [-0.2, 0) is 9.47 Å². The van der Waals surface area contributed by atoms with Crippen molar-refractivity contribution in [3.63, 3.8) is 0 Å². The molecule has 0 fully saturated rings. The fourth-order valence-corrected chi connectivity index (χ4v) is 3.63. The van der Waals surface area contributed by atoms with Gasteiger partial charge in [0.2, 0.25) is 5.78 Å². The van der Waals surface area contributed by atoms with E-state index < -0.39 is 24.3 Å². The Morgan fingerprint density at radius 1 is 1.03 bits per heavy atom. The molecule has 0 radical (unpaired) electrons. The molecule has 0 aliphatic rings. The monoisotopic (exact) mass is 443 g/mol. The number of rotatable bonds is 7. The predicted octanol–water partition coefficient (Wildman–Crippen LogP) is 4.00. The summed E-state index contributed by atoms with van der Waals surface area (Å²) in [6.07, 6.45) is 0. The number of ether oxygens (including phenoxy) is 2. The molecular formula is C22H22ClN3O5. The zero-order chi connectivity index (χ0) is 22.7. The summed E-state index contributed by atoms with van der Waals surface area (Å²) in [6.45, 7) is 6.34. The van der Waals surface area contributed by atoms with E-state index in [4.69, 9.17) is 21.1 Å². The number of aromatic amines is 1. The van der Waals surface area contributed by atoms with Crippen molar-refractivity contribution in [3.8, 4) is 5.69 Å². The van der Waals surface area contributed by atoms with Crippen LogP contribution in [0, 0.1) is 20.8 Å². The van der Waals surface area contributed by atoms with Crippen molar-refractivity contribution < 1.29 is 23.9 Å². The van der Waals surface area contributed by atoms with Gasteiger partial charge in [-0.1, -0.05) is 29.8 Å². The van der Waals surface area contributed by atoms with Gasteiger partial charge in [0.1, 0.15) is 10.7 Å². The molecule has 1 N–H and O–H groups in total. The highest BCUT2D eigenvalue weighted by Crippen LogP contribution is 2.25. The molecule has 0 atom stereocenters. The fourth-order valence-electron chi connectivity index (χ4n) is 3.28. The second kappa shape index (κ2) is 9.18. The number of esters is 2. The van der Waals surface area contributed by atoms with Crippen molar-refractivity contribution in [2.75, 3.05) is 13.2 Å². The lowest BCUT2D eigenvalue weighted by Crippen LogP contribution is -2.16. The van der Waals surface area contributed by atoms with Crippen LogP contribution in [-0.4, -0.2) is 45.7 Å². The minimum Gasteiger partial charge on any atom is -0.462 e. The second-order valence-electron chi connectivity index (χ2n) is 6.84. The summed E-state index contributed by atoms with van der Waals surface area (Å²) in [5, 5.41) is 4.39. The molecule has 0 saturated carbocycles. The van der Waals surface area contributed by atoms with Gasteiger partial charge < -0.3 is 14.5 Å². The lowest BCUT2D eigenvalue weighted by atomic mass is 10.1. The lowest BCUT2D eigenvalue weighted by molar-refractivity contribution is 0.0471. The Balaban J connectivity index is 1.76. The van der Waals surface area contributed by atoms with Crippen molar-refractivity contribution in [2.45, 2.75) is 27.7 Å². The van der Waals surface area contributed by atoms with Crippen LogP contribution < -0.4 is 0 Å². The second-order valence-corrected chi connectivity index (χ2v) is 7.20. The van der Waals surface area contributed by atoms with Gasteiger partial charge in [0.15, 0.2) is 6.61 Å². The average molecular weight is 444 g/mol. The zero-order valence-electron chi connectivity index (χ0n) is 17.6. The number of hydrogen-bond acceptors (Lipinski definition) is 6. The van der Waals surface area contributed by atoms with Gasteiger partial charge in [-0.3, -0.25) is 4.79 Å². The van der Waals surface area contributed by atoms with Crippen LogP contribution in [0.25, 0.3) is 5.69 Å². The fraction of sp³-hybridized carbons (Fsp3) is 0.273. The Morgan fingerprint density at radius 3 is 2.32 bits per heavy atom. The number of carbonyl (C=O) groups is 3. The molecule has 8 nitrogen and oxygen atoms in total. The maximum atomic E-state index is 12.6. The SMILES string of the molecule is CCOC(=O)c1c(C)[nH]c(C(=O)COC(=O)c2c(C)nn(-c3ccccc3)c2Cl)c1C.